The predicted octanol–water partition coefficient (Wildman–Crippen LogP) is 4.43. The van der Waals surface area contributed by atoms with Crippen molar-refractivity contribution in [3.63, 3.8) is 0 Å². The summed E-state index contributed by atoms with van der Waals surface area (Å²) in [5, 5.41) is 7.23. The molecule has 0 unspecified atom stereocenters. The Morgan fingerprint density at radius 3 is 2.53 bits per heavy atom. The summed E-state index contributed by atoms with van der Waals surface area (Å²) in [6, 6.07) is 21.1. The summed E-state index contributed by atoms with van der Waals surface area (Å²) in [7, 11) is 0. The van der Waals surface area contributed by atoms with E-state index in [1.807, 2.05) is 31.2 Å². The zero-order valence-electron chi connectivity index (χ0n) is 16.3. The van der Waals surface area contributed by atoms with Gasteiger partial charge in [0.2, 0.25) is 0 Å². The molecular weight excluding hydrogens is 402 g/mol. The molecule has 3 aromatic carbocycles. The summed E-state index contributed by atoms with van der Waals surface area (Å²) < 4.78 is 5.51. The fraction of sp³-hybridized carbons (Fsp3) is 0.0870. The van der Waals surface area contributed by atoms with Crippen molar-refractivity contribution < 1.29 is 14.3 Å². The molecule has 0 saturated carbocycles. The van der Waals surface area contributed by atoms with Crippen molar-refractivity contribution in [1.82, 2.24) is 5.43 Å². The summed E-state index contributed by atoms with van der Waals surface area (Å²) in [6.07, 6.45) is 1.51. The number of nitrogens with one attached hydrogen (secondary N) is 2. The highest BCUT2D eigenvalue weighted by molar-refractivity contribution is 6.30. The molecule has 0 aliphatic heterocycles. The van der Waals surface area contributed by atoms with Crippen LogP contribution in [0.3, 0.4) is 0 Å². The Hall–Kier alpha value is -3.64. The third kappa shape index (κ3) is 6.18. The van der Waals surface area contributed by atoms with E-state index in [0.29, 0.717) is 16.3 Å². The van der Waals surface area contributed by atoms with E-state index in [0.717, 1.165) is 16.8 Å². The first-order valence-electron chi connectivity index (χ1n) is 9.18. The number of halogens is 1. The molecule has 0 saturated heterocycles. The number of rotatable bonds is 7. The zero-order valence-corrected chi connectivity index (χ0v) is 17.0. The number of benzene rings is 3. The molecule has 152 valence electrons. The molecule has 0 atom stereocenters. The van der Waals surface area contributed by atoms with Crippen molar-refractivity contribution in [3.8, 4) is 5.75 Å². The zero-order chi connectivity index (χ0) is 21.3. The van der Waals surface area contributed by atoms with E-state index in [9.17, 15) is 9.59 Å². The fourth-order valence-electron chi connectivity index (χ4n) is 2.56. The normalized spacial score (nSPS) is 10.6. The maximum atomic E-state index is 12.0. The summed E-state index contributed by atoms with van der Waals surface area (Å²) >= 11 is 5.87. The van der Waals surface area contributed by atoms with E-state index in [4.69, 9.17) is 16.3 Å². The Balaban J connectivity index is 1.47. The van der Waals surface area contributed by atoms with Crippen LogP contribution in [0.5, 0.6) is 5.75 Å². The van der Waals surface area contributed by atoms with E-state index >= 15 is 0 Å². The first kappa shape index (κ1) is 21.1. The van der Waals surface area contributed by atoms with E-state index in [1.54, 1.807) is 48.5 Å². The van der Waals surface area contributed by atoms with Crippen molar-refractivity contribution in [2.45, 2.75) is 6.92 Å². The molecule has 0 spiro atoms. The first-order chi connectivity index (χ1) is 14.5. The lowest BCUT2D eigenvalue weighted by Gasteiger charge is -2.09. The number of hydrogen-bond donors (Lipinski definition) is 2. The number of ether oxygens (including phenoxy) is 1. The van der Waals surface area contributed by atoms with Gasteiger partial charge in [-0.2, -0.15) is 5.10 Å². The van der Waals surface area contributed by atoms with Crippen molar-refractivity contribution in [1.29, 1.82) is 0 Å². The van der Waals surface area contributed by atoms with Crippen LogP contribution in [-0.2, 0) is 4.79 Å². The van der Waals surface area contributed by atoms with Crippen LogP contribution < -0.4 is 15.5 Å². The minimum absolute atomic E-state index is 0.0997. The lowest BCUT2D eigenvalue weighted by Crippen LogP contribution is -2.20. The number of hydrogen-bond acceptors (Lipinski definition) is 4. The average Bonchev–Trinajstić information content (AvgIpc) is 2.75. The minimum atomic E-state index is -0.353. The van der Waals surface area contributed by atoms with Crippen LogP contribution in [0.25, 0.3) is 0 Å². The molecule has 3 aromatic rings. The van der Waals surface area contributed by atoms with Crippen molar-refractivity contribution in [3.05, 3.63) is 94.5 Å². The van der Waals surface area contributed by atoms with Crippen LogP contribution in [0, 0.1) is 6.92 Å². The number of anilines is 1. The molecule has 3 rings (SSSR count). The molecule has 0 fully saturated rings. The number of carbonyl (C=O) groups is 2. The van der Waals surface area contributed by atoms with Gasteiger partial charge >= 0.3 is 0 Å². The largest absolute Gasteiger partial charge is 0.484 e. The number of carbonyl (C=O) groups excluding carboxylic acids is 2. The van der Waals surface area contributed by atoms with Crippen LogP contribution in [-0.4, -0.2) is 24.6 Å². The van der Waals surface area contributed by atoms with Crippen LogP contribution in [0.2, 0.25) is 5.02 Å². The van der Waals surface area contributed by atoms with Gasteiger partial charge in [-0.25, -0.2) is 5.43 Å². The molecule has 0 bridgehead atoms. The van der Waals surface area contributed by atoms with Gasteiger partial charge in [0.1, 0.15) is 5.75 Å². The molecule has 0 aliphatic rings. The van der Waals surface area contributed by atoms with Gasteiger partial charge in [0.25, 0.3) is 11.8 Å². The molecule has 0 heterocycles. The maximum absolute atomic E-state index is 12.0. The van der Waals surface area contributed by atoms with Gasteiger partial charge in [-0.3, -0.25) is 9.59 Å². The second-order valence-electron chi connectivity index (χ2n) is 6.43. The Bertz CT molecular complexity index is 1070. The summed E-state index contributed by atoms with van der Waals surface area (Å²) in [4.78, 5) is 24.0. The summed E-state index contributed by atoms with van der Waals surface area (Å²) in [6.45, 7) is 1.83. The molecular formula is C23H20ClN3O3. The van der Waals surface area contributed by atoms with Crippen LogP contribution >= 0.6 is 11.6 Å². The highest BCUT2D eigenvalue weighted by Gasteiger charge is 2.06. The van der Waals surface area contributed by atoms with Crippen LogP contribution in [0.1, 0.15) is 21.5 Å². The quantitative estimate of drug-likeness (QED) is 0.437. The van der Waals surface area contributed by atoms with Crippen LogP contribution in [0.15, 0.2) is 77.9 Å². The monoisotopic (exact) mass is 421 g/mol. The smallest absolute Gasteiger partial charge is 0.271 e. The average molecular weight is 422 g/mol. The molecule has 6 nitrogen and oxygen atoms in total. The van der Waals surface area contributed by atoms with Gasteiger partial charge in [-0.05, 0) is 66.6 Å². The maximum Gasteiger partial charge on any atom is 0.271 e. The molecule has 0 aromatic heterocycles. The third-order valence-electron chi connectivity index (χ3n) is 4.14. The lowest BCUT2D eigenvalue weighted by molar-refractivity contribution is -0.118. The van der Waals surface area contributed by atoms with E-state index < -0.39 is 0 Å². The Morgan fingerprint density at radius 2 is 1.80 bits per heavy atom. The summed E-state index contributed by atoms with van der Waals surface area (Å²) in [5.41, 5.74) is 5.38. The molecule has 2 amide bonds. The van der Waals surface area contributed by atoms with Gasteiger partial charge in [-0.15, -0.1) is 0 Å². The number of aryl methyl sites for hydroxylation is 1. The second kappa shape index (κ2) is 10.2. The molecule has 2 N–H and O–H groups in total. The minimum Gasteiger partial charge on any atom is -0.484 e. The number of amides is 2. The van der Waals surface area contributed by atoms with Gasteiger partial charge < -0.3 is 10.1 Å². The Morgan fingerprint density at radius 1 is 1.03 bits per heavy atom. The fourth-order valence-corrected chi connectivity index (χ4v) is 2.75. The van der Waals surface area contributed by atoms with Gasteiger partial charge in [-0.1, -0.05) is 35.9 Å². The van der Waals surface area contributed by atoms with Gasteiger partial charge in [0, 0.05) is 16.3 Å². The molecule has 7 heteroatoms. The van der Waals surface area contributed by atoms with Gasteiger partial charge in [0.05, 0.1) is 6.21 Å². The predicted molar refractivity (Wildman–Crippen MR) is 118 cm³/mol. The standard InChI is InChI=1S/C23H20ClN3O3/c1-16-5-2-3-8-21(16)26-22(28)15-30-20-11-9-17(10-12-20)14-25-27-23(29)18-6-4-7-19(24)13-18/h2-14H,15H2,1H3,(H,26,28)(H,27,29)/b25-14-. The van der Waals surface area contributed by atoms with Gasteiger partial charge in [0.15, 0.2) is 6.61 Å². The van der Waals surface area contributed by atoms with Crippen molar-refractivity contribution in [2.24, 2.45) is 5.10 Å². The number of hydrazone groups is 1. The Labute approximate surface area is 179 Å². The van der Waals surface area contributed by atoms with E-state index in [-0.39, 0.29) is 18.4 Å². The topological polar surface area (TPSA) is 79.8 Å². The molecule has 0 aliphatic carbocycles. The molecule has 0 radical (unpaired) electrons. The number of nitrogens with zero attached hydrogens (tertiary/aromatic N) is 1. The number of para-hydroxylation sites is 1. The Kier molecular flexibility index (Phi) is 7.19. The SMILES string of the molecule is Cc1ccccc1NC(=O)COc1ccc(/C=N\NC(=O)c2cccc(Cl)c2)cc1. The highest BCUT2D eigenvalue weighted by atomic mass is 35.5. The van der Waals surface area contributed by atoms with Crippen molar-refractivity contribution in [2.75, 3.05) is 11.9 Å². The highest BCUT2D eigenvalue weighted by Crippen LogP contribution is 2.14. The van der Waals surface area contributed by atoms with Crippen molar-refractivity contribution >= 4 is 35.3 Å². The second-order valence-corrected chi connectivity index (χ2v) is 6.87. The first-order valence-corrected chi connectivity index (χ1v) is 9.56. The van der Waals surface area contributed by atoms with Crippen LogP contribution in [0.4, 0.5) is 5.69 Å². The van der Waals surface area contributed by atoms with E-state index in [2.05, 4.69) is 15.8 Å². The molecule has 30 heavy (non-hydrogen) atoms. The van der Waals surface area contributed by atoms with E-state index in [1.165, 1.54) is 6.21 Å². The summed E-state index contributed by atoms with van der Waals surface area (Å²) in [5.74, 6) is -0.0397. The lowest BCUT2D eigenvalue weighted by atomic mass is 10.2. The third-order valence-corrected chi connectivity index (χ3v) is 4.37.